The lowest BCUT2D eigenvalue weighted by atomic mass is 9.74. The molecule has 0 bridgehead atoms. The van der Waals surface area contributed by atoms with Gasteiger partial charge in [-0.15, -0.1) is 0 Å². The average Bonchev–Trinajstić information content (AvgIpc) is 1.92. The fourth-order valence-electron chi connectivity index (χ4n) is 1.74. The van der Waals surface area contributed by atoms with Crippen LogP contribution >= 0.6 is 0 Å². The summed E-state index contributed by atoms with van der Waals surface area (Å²) >= 11 is 0. The Balaban J connectivity index is 6.09. The van der Waals surface area contributed by atoms with Crippen LogP contribution in [0.4, 0.5) is 0 Å². The van der Waals surface area contributed by atoms with Crippen LogP contribution in [0.5, 0.6) is 0 Å². The Morgan fingerprint density at radius 3 is 0.938 bits per heavy atom. The fourth-order valence-corrected chi connectivity index (χ4v) is 1.74. The summed E-state index contributed by atoms with van der Waals surface area (Å²) in [5.74, 6) is -1.17. The van der Waals surface area contributed by atoms with Crippen LogP contribution in [0.15, 0.2) is 11.1 Å². The van der Waals surface area contributed by atoms with E-state index in [1.165, 1.54) is 0 Å². The van der Waals surface area contributed by atoms with Crippen LogP contribution in [0.1, 0.15) is 41.5 Å². The number of carbonyl (C=O) groups excluding carboxylic acids is 2. The molecule has 0 saturated carbocycles. The second-order valence-electron chi connectivity index (χ2n) is 5.98. The zero-order valence-electron chi connectivity index (χ0n) is 11.0. The molecule has 0 radical (unpaired) electrons. The minimum atomic E-state index is -0.587. The quantitative estimate of drug-likeness (QED) is 0.696. The number of rotatable bonds is 2. The van der Waals surface area contributed by atoms with Gasteiger partial charge in [0, 0.05) is 11.1 Å². The van der Waals surface area contributed by atoms with Gasteiger partial charge in [-0.2, -0.15) is 0 Å². The van der Waals surface area contributed by atoms with Crippen molar-refractivity contribution in [2.24, 2.45) is 22.3 Å². The third-order valence-electron chi connectivity index (χ3n) is 2.24. The zero-order chi connectivity index (χ0) is 13.3. The van der Waals surface area contributed by atoms with Crippen molar-refractivity contribution in [3.63, 3.8) is 0 Å². The summed E-state index contributed by atoms with van der Waals surface area (Å²) < 4.78 is 0. The van der Waals surface area contributed by atoms with Crippen molar-refractivity contribution in [1.29, 1.82) is 0 Å². The smallest absolute Gasteiger partial charge is 0.245 e. The molecule has 0 saturated heterocycles. The number of primary amides is 2. The fraction of sp³-hybridized carbons (Fsp3) is 0.667. The van der Waals surface area contributed by atoms with Gasteiger partial charge in [0.2, 0.25) is 11.8 Å². The minimum Gasteiger partial charge on any atom is -0.366 e. The summed E-state index contributed by atoms with van der Waals surface area (Å²) in [6.07, 6.45) is 0. The van der Waals surface area contributed by atoms with Crippen LogP contribution < -0.4 is 11.5 Å². The molecule has 92 valence electrons. The Hall–Kier alpha value is -1.32. The molecule has 0 rings (SSSR count). The largest absolute Gasteiger partial charge is 0.366 e. The van der Waals surface area contributed by atoms with E-state index >= 15 is 0 Å². The van der Waals surface area contributed by atoms with Crippen LogP contribution in [0.3, 0.4) is 0 Å². The first-order valence-corrected chi connectivity index (χ1v) is 5.24. The van der Waals surface area contributed by atoms with Crippen LogP contribution in [-0.4, -0.2) is 11.8 Å². The van der Waals surface area contributed by atoms with E-state index in [4.69, 9.17) is 11.5 Å². The van der Waals surface area contributed by atoms with Crippen LogP contribution in [0, 0.1) is 10.8 Å². The first-order chi connectivity index (χ1) is 6.89. The predicted octanol–water partition coefficient (Wildman–Crippen LogP) is 1.35. The third kappa shape index (κ3) is 3.36. The van der Waals surface area contributed by atoms with Gasteiger partial charge < -0.3 is 11.5 Å². The second kappa shape index (κ2) is 4.28. The minimum absolute atomic E-state index is 0.313. The van der Waals surface area contributed by atoms with Crippen LogP contribution in [0.2, 0.25) is 0 Å². The van der Waals surface area contributed by atoms with Gasteiger partial charge in [-0.25, -0.2) is 0 Å². The van der Waals surface area contributed by atoms with Crippen LogP contribution in [0.25, 0.3) is 0 Å². The summed E-state index contributed by atoms with van der Waals surface area (Å²) in [6, 6.07) is 0. The molecule has 0 aromatic carbocycles. The summed E-state index contributed by atoms with van der Waals surface area (Å²) in [4.78, 5) is 23.0. The van der Waals surface area contributed by atoms with Gasteiger partial charge in [0.25, 0.3) is 0 Å². The first-order valence-electron chi connectivity index (χ1n) is 5.24. The van der Waals surface area contributed by atoms with E-state index in [2.05, 4.69) is 0 Å². The first kappa shape index (κ1) is 14.7. The molecule has 0 spiro atoms. The molecule has 0 fully saturated rings. The van der Waals surface area contributed by atoms with E-state index in [1.807, 2.05) is 41.5 Å². The molecule has 0 aromatic heterocycles. The van der Waals surface area contributed by atoms with Crippen molar-refractivity contribution in [2.75, 3.05) is 0 Å². The van der Waals surface area contributed by atoms with Crippen molar-refractivity contribution in [3.8, 4) is 0 Å². The van der Waals surface area contributed by atoms with Crippen molar-refractivity contribution in [3.05, 3.63) is 11.1 Å². The number of carbonyl (C=O) groups is 2. The molecule has 4 heteroatoms. The Morgan fingerprint density at radius 1 is 0.688 bits per heavy atom. The molecule has 0 heterocycles. The van der Waals surface area contributed by atoms with E-state index in [0.717, 1.165) is 0 Å². The number of hydrogen-bond acceptors (Lipinski definition) is 2. The van der Waals surface area contributed by atoms with E-state index in [0.29, 0.717) is 11.1 Å². The van der Waals surface area contributed by atoms with E-state index < -0.39 is 22.6 Å². The summed E-state index contributed by atoms with van der Waals surface area (Å²) in [7, 11) is 0. The highest BCUT2D eigenvalue weighted by molar-refractivity contribution is 6.05. The van der Waals surface area contributed by atoms with Gasteiger partial charge >= 0.3 is 0 Å². The van der Waals surface area contributed by atoms with Crippen molar-refractivity contribution in [2.45, 2.75) is 41.5 Å². The summed E-state index contributed by atoms with van der Waals surface area (Å²) in [6.45, 7) is 11.0. The molecular weight excluding hydrogens is 204 g/mol. The van der Waals surface area contributed by atoms with Gasteiger partial charge in [-0.3, -0.25) is 9.59 Å². The maximum Gasteiger partial charge on any atom is 0.245 e. The molecule has 0 aliphatic heterocycles. The summed E-state index contributed by atoms with van der Waals surface area (Å²) in [5.41, 5.74) is 10.3. The topological polar surface area (TPSA) is 86.2 Å². The lowest BCUT2D eigenvalue weighted by molar-refractivity contribution is -0.118. The lowest BCUT2D eigenvalue weighted by Crippen LogP contribution is -2.35. The van der Waals surface area contributed by atoms with Gasteiger partial charge in [0.15, 0.2) is 0 Å². The normalized spacial score (nSPS) is 14.4. The molecule has 16 heavy (non-hydrogen) atoms. The van der Waals surface area contributed by atoms with Gasteiger partial charge in [-0.1, -0.05) is 41.5 Å². The molecule has 0 atom stereocenters. The van der Waals surface area contributed by atoms with Gasteiger partial charge in [-0.05, 0) is 10.8 Å². The summed E-state index contributed by atoms with van der Waals surface area (Å²) in [5, 5.41) is 0. The Kier molecular flexibility index (Phi) is 3.92. The molecule has 4 nitrogen and oxygen atoms in total. The van der Waals surface area contributed by atoms with Crippen molar-refractivity contribution in [1.82, 2.24) is 0 Å². The van der Waals surface area contributed by atoms with E-state index in [1.54, 1.807) is 0 Å². The van der Waals surface area contributed by atoms with Crippen molar-refractivity contribution >= 4 is 11.8 Å². The Labute approximate surface area is 97.1 Å². The Morgan fingerprint density at radius 2 is 0.875 bits per heavy atom. The molecule has 0 aliphatic carbocycles. The van der Waals surface area contributed by atoms with Crippen LogP contribution in [-0.2, 0) is 9.59 Å². The number of nitrogens with two attached hydrogens (primary N) is 2. The molecule has 0 unspecified atom stereocenters. The highest BCUT2D eigenvalue weighted by atomic mass is 16.2. The highest BCUT2D eigenvalue weighted by Crippen LogP contribution is 2.36. The average molecular weight is 226 g/mol. The predicted molar refractivity (Wildman–Crippen MR) is 64.3 cm³/mol. The molecule has 0 aliphatic rings. The van der Waals surface area contributed by atoms with E-state index in [-0.39, 0.29) is 0 Å². The number of amides is 2. The highest BCUT2D eigenvalue weighted by Gasteiger charge is 2.34. The molecule has 4 N–H and O–H groups in total. The zero-order valence-corrected chi connectivity index (χ0v) is 11.0. The molecule has 0 aromatic rings. The third-order valence-corrected chi connectivity index (χ3v) is 2.24. The monoisotopic (exact) mass is 226 g/mol. The SMILES string of the molecule is CC(C)(C)/C(C(N)=O)=C(/C(N)=O)C(C)(C)C. The molecular formula is C12H22N2O2. The molecule has 2 amide bonds. The van der Waals surface area contributed by atoms with Gasteiger partial charge in [0.1, 0.15) is 0 Å². The van der Waals surface area contributed by atoms with E-state index in [9.17, 15) is 9.59 Å². The van der Waals surface area contributed by atoms with Crippen molar-refractivity contribution < 1.29 is 9.59 Å². The Bertz CT molecular complexity index is 307. The number of hydrogen-bond donors (Lipinski definition) is 2. The maximum atomic E-state index is 11.5. The second-order valence-corrected chi connectivity index (χ2v) is 5.98. The maximum absolute atomic E-state index is 11.5. The standard InChI is InChI=1S/C12H22N2O2/c1-11(2,3)7(9(13)15)8(10(14)16)12(4,5)6/h1-6H3,(H2,13,15)(H2,14,16)/b8-7-. The van der Waals surface area contributed by atoms with Gasteiger partial charge in [0.05, 0.1) is 0 Å². The lowest BCUT2D eigenvalue weighted by Gasteiger charge is -2.29.